The zero-order valence-corrected chi connectivity index (χ0v) is 13.9. The number of pyridine rings is 1. The highest BCUT2D eigenvalue weighted by atomic mass is 16.5. The van der Waals surface area contributed by atoms with E-state index in [9.17, 15) is 4.79 Å². The molecule has 0 saturated heterocycles. The Labute approximate surface area is 142 Å². The second-order valence-electron chi connectivity index (χ2n) is 5.89. The Hall–Kier alpha value is -2.56. The third kappa shape index (κ3) is 4.47. The van der Waals surface area contributed by atoms with E-state index in [0.717, 1.165) is 36.3 Å². The van der Waals surface area contributed by atoms with Crippen molar-refractivity contribution in [2.45, 2.75) is 26.2 Å². The Kier molecular flexibility index (Phi) is 5.31. The molecule has 1 aromatic heterocycles. The van der Waals surface area contributed by atoms with E-state index in [2.05, 4.69) is 10.3 Å². The second-order valence-corrected chi connectivity index (χ2v) is 5.89. The summed E-state index contributed by atoms with van der Waals surface area (Å²) in [5.74, 6) is 1.26. The van der Waals surface area contributed by atoms with Gasteiger partial charge in [0.15, 0.2) is 0 Å². The van der Waals surface area contributed by atoms with Gasteiger partial charge in [-0.25, -0.2) is 4.98 Å². The summed E-state index contributed by atoms with van der Waals surface area (Å²) < 4.78 is 11.4. The third-order valence-corrected chi connectivity index (χ3v) is 3.85. The Balaban J connectivity index is 1.76. The summed E-state index contributed by atoms with van der Waals surface area (Å²) in [5, 5.41) is 2.95. The Morgan fingerprint density at radius 1 is 1.08 bits per heavy atom. The Morgan fingerprint density at radius 3 is 2.79 bits per heavy atom. The van der Waals surface area contributed by atoms with Crippen LogP contribution in [0, 0.1) is 6.92 Å². The average molecular weight is 326 g/mol. The first-order valence-electron chi connectivity index (χ1n) is 8.32. The van der Waals surface area contributed by atoms with Crippen LogP contribution in [0.25, 0.3) is 0 Å². The van der Waals surface area contributed by atoms with Crippen LogP contribution in [0.4, 0.5) is 0 Å². The van der Waals surface area contributed by atoms with E-state index < -0.39 is 0 Å². The molecule has 2 aromatic rings. The molecule has 0 atom stereocenters. The van der Waals surface area contributed by atoms with Gasteiger partial charge in [0.05, 0.1) is 13.2 Å². The van der Waals surface area contributed by atoms with Gasteiger partial charge in [-0.1, -0.05) is 12.1 Å². The summed E-state index contributed by atoms with van der Waals surface area (Å²) in [6.45, 7) is 3.65. The summed E-state index contributed by atoms with van der Waals surface area (Å²) in [6, 6.07) is 11.5. The molecule has 1 aliphatic rings. The molecular weight excluding hydrogens is 304 g/mol. The lowest BCUT2D eigenvalue weighted by atomic mass is 10.1. The van der Waals surface area contributed by atoms with E-state index in [4.69, 9.17) is 9.47 Å². The van der Waals surface area contributed by atoms with Crippen molar-refractivity contribution in [2.75, 3.05) is 19.8 Å². The van der Waals surface area contributed by atoms with Crippen molar-refractivity contribution in [3.8, 4) is 11.6 Å². The molecule has 1 N–H and O–H groups in total. The Bertz CT molecular complexity index is 716. The standard InChI is InChI=1S/C19H22N2O3/c1-14-11-16-13-18(21-14)24-10-3-2-9-23-17-6-4-5-15(12-17)7-8-20-19(16)22/h4-6,11-13H,2-3,7-10H2,1H3,(H,20,22). The molecule has 0 fully saturated rings. The lowest BCUT2D eigenvalue weighted by molar-refractivity contribution is 0.0953. The third-order valence-electron chi connectivity index (χ3n) is 3.85. The first-order chi connectivity index (χ1) is 11.7. The minimum atomic E-state index is -0.107. The number of carbonyl (C=O) groups is 1. The van der Waals surface area contributed by atoms with E-state index in [-0.39, 0.29) is 5.91 Å². The molecule has 5 nitrogen and oxygen atoms in total. The SMILES string of the molecule is Cc1cc2cc(n1)OCCCCOc1cccc(c1)CCNC2=O. The van der Waals surface area contributed by atoms with Gasteiger partial charge in [0.1, 0.15) is 5.75 Å². The highest BCUT2D eigenvalue weighted by Gasteiger charge is 2.10. The van der Waals surface area contributed by atoms with Crippen molar-refractivity contribution in [2.24, 2.45) is 0 Å². The molecule has 4 bridgehead atoms. The summed E-state index contributed by atoms with van der Waals surface area (Å²) in [7, 11) is 0. The molecule has 0 spiro atoms. The van der Waals surface area contributed by atoms with Crippen LogP contribution in [-0.4, -0.2) is 30.6 Å². The number of aromatic nitrogens is 1. The maximum atomic E-state index is 12.3. The first kappa shape index (κ1) is 16.3. The van der Waals surface area contributed by atoms with Crippen molar-refractivity contribution >= 4 is 5.91 Å². The fourth-order valence-corrected chi connectivity index (χ4v) is 2.63. The van der Waals surface area contributed by atoms with Gasteiger partial charge in [-0.15, -0.1) is 0 Å². The molecule has 126 valence electrons. The van der Waals surface area contributed by atoms with Crippen molar-refractivity contribution < 1.29 is 14.3 Å². The molecule has 5 heteroatoms. The van der Waals surface area contributed by atoms with Crippen molar-refractivity contribution in [1.82, 2.24) is 10.3 Å². The van der Waals surface area contributed by atoms with Crippen molar-refractivity contribution in [1.29, 1.82) is 0 Å². The number of hydrogen-bond acceptors (Lipinski definition) is 4. The molecule has 0 saturated carbocycles. The van der Waals surface area contributed by atoms with Gasteiger partial charge in [0.25, 0.3) is 5.91 Å². The van der Waals surface area contributed by atoms with E-state index in [1.807, 2.05) is 31.2 Å². The quantitative estimate of drug-likeness (QED) is 0.809. The molecule has 24 heavy (non-hydrogen) atoms. The molecule has 0 radical (unpaired) electrons. The molecule has 2 heterocycles. The van der Waals surface area contributed by atoms with Gasteiger partial charge in [-0.05, 0) is 49.9 Å². The van der Waals surface area contributed by atoms with Crippen LogP contribution in [-0.2, 0) is 6.42 Å². The summed E-state index contributed by atoms with van der Waals surface area (Å²) in [5.41, 5.74) is 2.51. The fourth-order valence-electron chi connectivity index (χ4n) is 2.63. The van der Waals surface area contributed by atoms with Gasteiger partial charge in [-0.2, -0.15) is 0 Å². The summed E-state index contributed by atoms with van der Waals surface area (Å²) >= 11 is 0. The smallest absolute Gasteiger partial charge is 0.251 e. The zero-order valence-electron chi connectivity index (χ0n) is 13.9. The van der Waals surface area contributed by atoms with Crippen molar-refractivity contribution in [3.05, 3.63) is 53.2 Å². The number of nitrogens with zero attached hydrogens (tertiary/aromatic N) is 1. The van der Waals surface area contributed by atoms with Gasteiger partial charge in [0.2, 0.25) is 5.88 Å². The highest BCUT2D eigenvalue weighted by molar-refractivity contribution is 5.94. The number of aryl methyl sites for hydroxylation is 1. The number of ether oxygens (including phenoxy) is 2. The van der Waals surface area contributed by atoms with Crippen LogP contribution in [0.2, 0.25) is 0 Å². The maximum absolute atomic E-state index is 12.3. The lowest BCUT2D eigenvalue weighted by Gasteiger charge is -2.12. The van der Waals surface area contributed by atoms with E-state index in [1.54, 1.807) is 12.1 Å². The number of hydrogen-bond donors (Lipinski definition) is 1. The Morgan fingerprint density at radius 2 is 1.92 bits per heavy atom. The number of nitrogens with one attached hydrogen (secondary N) is 1. The maximum Gasteiger partial charge on any atom is 0.251 e. The summed E-state index contributed by atoms with van der Waals surface area (Å²) in [6.07, 6.45) is 2.54. The molecule has 1 amide bonds. The van der Waals surface area contributed by atoms with Crippen LogP contribution >= 0.6 is 0 Å². The van der Waals surface area contributed by atoms with Gasteiger partial charge >= 0.3 is 0 Å². The first-order valence-corrected chi connectivity index (χ1v) is 8.32. The molecule has 1 aromatic carbocycles. The largest absolute Gasteiger partial charge is 0.494 e. The molecule has 3 rings (SSSR count). The summed E-state index contributed by atoms with van der Waals surface area (Å²) in [4.78, 5) is 16.7. The van der Waals surface area contributed by atoms with Crippen LogP contribution in [0.3, 0.4) is 0 Å². The minimum Gasteiger partial charge on any atom is -0.494 e. The van der Waals surface area contributed by atoms with Crippen LogP contribution in [0.5, 0.6) is 11.6 Å². The normalized spacial score (nSPS) is 15.8. The average Bonchev–Trinajstić information content (AvgIpc) is 2.57. The van der Waals surface area contributed by atoms with E-state index in [1.165, 1.54) is 0 Å². The molecule has 0 aliphatic carbocycles. The zero-order chi connectivity index (χ0) is 16.8. The molecule has 1 aliphatic heterocycles. The number of carbonyl (C=O) groups excluding carboxylic acids is 1. The van der Waals surface area contributed by atoms with Crippen molar-refractivity contribution in [3.63, 3.8) is 0 Å². The second kappa shape index (κ2) is 7.81. The number of benzene rings is 1. The van der Waals surface area contributed by atoms with Gasteiger partial charge in [-0.3, -0.25) is 4.79 Å². The predicted octanol–water partition coefficient (Wildman–Crippen LogP) is 2.91. The fraction of sp³-hybridized carbons (Fsp3) is 0.368. The minimum absolute atomic E-state index is 0.107. The highest BCUT2D eigenvalue weighted by Crippen LogP contribution is 2.16. The molecular formula is C19H22N2O3. The number of amides is 1. The van der Waals surface area contributed by atoms with Gasteiger partial charge < -0.3 is 14.8 Å². The lowest BCUT2D eigenvalue weighted by Crippen LogP contribution is -2.26. The van der Waals surface area contributed by atoms with E-state index in [0.29, 0.717) is 31.2 Å². The van der Waals surface area contributed by atoms with Gasteiger partial charge in [0, 0.05) is 23.9 Å². The molecule has 0 unspecified atom stereocenters. The van der Waals surface area contributed by atoms with Crippen LogP contribution < -0.4 is 14.8 Å². The monoisotopic (exact) mass is 326 g/mol. The number of rotatable bonds is 0. The van der Waals surface area contributed by atoms with E-state index >= 15 is 0 Å². The van der Waals surface area contributed by atoms with Crippen LogP contribution in [0.1, 0.15) is 34.5 Å². The number of fused-ring (bicyclic) bond motifs is 4. The predicted molar refractivity (Wildman–Crippen MR) is 91.7 cm³/mol. The topological polar surface area (TPSA) is 60.5 Å². The van der Waals surface area contributed by atoms with Crippen LogP contribution in [0.15, 0.2) is 36.4 Å².